The summed E-state index contributed by atoms with van der Waals surface area (Å²) in [6.07, 6.45) is 3.76. The van der Waals surface area contributed by atoms with Gasteiger partial charge in [0.05, 0.1) is 5.69 Å². The highest BCUT2D eigenvalue weighted by molar-refractivity contribution is 9.10. The smallest absolute Gasteiger partial charge is 0.129 e. The van der Waals surface area contributed by atoms with Crippen LogP contribution in [-0.2, 0) is 6.42 Å². The van der Waals surface area contributed by atoms with Gasteiger partial charge in [-0.3, -0.25) is 0 Å². The summed E-state index contributed by atoms with van der Waals surface area (Å²) in [5, 5.41) is 12.7. The van der Waals surface area contributed by atoms with Crippen LogP contribution < -0.4 is 5.32 Å². The summed E-state index contributed by atoms with van der Waals surface area (Å²) >= 11 is 3.43. The summed E-state index contributed by atoms with van der Waals surface area (Å²) in [5.41, 5.74) is 2.25. The van der Waals surface area contributed by atoms with Crippen LogP contribution in [0, 0.1) is 0 Å². The lowest BCUT2D eigenvalue weighted by Gasteiger charge is -2.15. The number of rotatable bonds is 5. The van der Waals surface area contributed by atoms with Crippen molar-refractivity contribution in [3.63, 3.8) is 0 Å². The zero-order valence-corrected chi connectivity index (χ0v) is 12.4. The Kier molecular flexibility index (Phi) is 4.80. The fourth-order valence-corrected chi connectivity index (χ4v) is 2.24. The normalized spacial score (nSPS) is 12.1. The second-order valence-electron chi connectivity index (χ2n) is 4.59. The highest BCUT2D eigenvalue weighted by Gasteiger charge is 2.05. The Bertz CT molecular complexity index is 528. The molecule has 0 spiro atoms. The fourth-order valence-electron chi connectivity index (χ4n) is 1.88. The number of hydrogen-bond acceptors (Lipinski definition) is 3. The molecule has 0 saturated carbocycles. The summed E-state index contributed by atoms with van der Waals surface area (Å²) in [6.45, 7) is 2.15. The molecule has 1 atom stereocenters. The number of aryl methyl sites for hydroxylation is 1. The van der Waals surface area contributed by atoms with E-state index in [2.05, 4.69) is 33.2 Å². The first-order chi connectivity index (χ1) is 9.15. The Balaban J connectivity index is 1.86. The third kappa shape index (κ3) is 4.24. The number of phenolic OH excluding ortho intramolecular Hbond substituents is 1. The van der Waals surface area contributed by atoms with Crippen LogP contribution in [0.4, 0.5) is 5.69 Å². The van der Waals surface area contributed by atoms with Gasteiger partial charge in [-0.1, -0.05) is 12.1 Å². The number of nitrogens with one attached hydrogen (secondary N) is 1. The first-order valence-electron chi connectivity index (χ1n) is 6.30. The van der Waals surface area contributed by atoms with Crippen LogP contribution in [0.2, 0.25) is 0 Å². The molecule has 1 aromatic heterocycles. The van der Waals surface area contributed by atoms with Crippen molar-refractivity contribution < 1.29 is 5.11 Å². The SMILES string of the molecule is CC(CCc1ccc(O)cc1)Nc1cccnc1Br. The number of aromatic hydroxyl groups is 1. The van der Waals surface area contributed by atoms with Crippen molar-refractivity contribution in [2.24, 2.45) is 0 Å². The lowest BCUT2D eigenvalue weighted by molar-refractivity contribution is 0.475. The van der Waals surface area contributed by atoms with E-state index in [0.717, 1.165) is 23.1 Å². The van der Waals surface area contributed by atoms with Gasteiger partial charge in [0.1, 0.15) is 10.4 Å². The largest absolute Gasteiger partial charge is 0.508 e. The molecule has 2 rings (SSSR count). The summed E-state index contributed by atoms with van der Waals surface area (Å²) in [6, 6.07) is 11.7. The molecule has 0 radical (unpaired) electrons. The molecule has 4 heteroatoms. The van der Waals surface area contributed by atoms with E-state index < -0.39 is 0 Å². The van der Waals surface area contributed by atoms with Crippen LogP contribution in [0.1, 0.15) is 18.9 Å². The second kappa shape index (κ2) is 6.57. The van der Waals surface area contributed by atoms with E-state index in [9.17, 15) is 5.11 Å². The van der Waals surface area contributed by atoms with Gasteiger partial charge in [-0.2, -0.15) is 0 Å². The number of hydrogen-bond donors (Lipinski definition) is 2. The number of anilines is 1. The van der Waals surface area contributed by atoms with Gasteiger partial charge in [0, 0.05) is 12.2 Å². The Labute approximate surface area is 121 Å². The molecule has 3 nitrogen and oxygen atoms in total. The molecule has 2 aromatic rings. The molecular formula is C15H17BrN2O. The Morgan fingerprint density at radius 1 is 1.26 bits per heavy atom. The Morgan fingerprint density at radius 2 is 2.00 bits per heavy atom. The first-order valence-corrected chi connectivity index (χ1v) is 7.09. The maximum atomic E-state index is 9.23. The summed E-state index contributed by atoms with van der Waals surface area (Å²) in [7, 11) is 0. The van der Waals surface area contributed by atoms with Gasteiger partial charge in [0.25, 0.3) is 0 Å². The van der Waals surface area contributed by atoms with E-state index in [4.69, 9.17) is 0 Å². The van der Waals surface area contributed by atoms with E-state index in [1.807, 2.05) is 24.3 Å². The van der Waals surface area contributed by atoms with E-state index in [0.29, 0.717) is 11.8 Å². The van der Waals surface area contributed by atoms with Crippen LogP contribution in [0.3, 0.4) is 0 Å². The van der Waals surface area contributed by atoms with Gasteiger partial charge in [-0.05, 0) is 65.5 Å². The van der Waals surface area contributed by atoms with Crippen LogP contribution in [-0.4, -0.2) is 16.1 Å². The molecule has 0 saturated heterocycles. The molecule has 0 bridgehead atoms. The summed E-state index contributed by atoms with van der Waals surface area (Å²) < 4.78 is 0.839. The monoisotopic (exact) mass is 320 g/mol. The van der Waals surface area contributed by atoms with Gasteiger partial charge < -0.3 is 10.4 Å². The van der Waals surface area contributed by atoms with Crippen molar-refractivity contribution in [3.05, 3.63) is 52.8 Å². The van der Waals surface area contributed by atoms with Crippen molar-refractivity contribution in [2.75, 3.05) is 5.32 Å². The van der Waals surface area contributed by atoms with Crippen molar-refractivity contribution in [1.82, 2.24) is 4.98 Å². The third-order valence-electron chi connectivity index (χ3n) is 2.96. The van der Waals surface area contributed by atoms with Crippen LogP contribution in [0.25, 0.3) is 0 Å². The molecule has 0 aliphatic rings. The van der Waals surface area contributed by atoms with Gasteiger partial charge in [0.2, 0.25) is 0 Å². The number of phenols is 1. The number of aromatic nitrogens is 1. The van der Waals surface area contributed by atoms with Crippen molar-refractivity contribution in [3.8, 4) is 5.75 Å². The number of benzene rings is 1. The highest BCUT2D eigenvalue weighted by Crippen LogP contribution is 2.20. The average molecular weight is 321 g/mol. The molecular weight excluding hydrogens is 304 g/mol. The van der Waals surface area contributed by atoms with Gasteiger partial charge in [-0.25, -0.2) is 4.98 Å². The Hall–Kier alpha value is -1.55. The minimum absolute atomic E-state index is 0.314. The van der Waals surface area contributed by atoms with Crippen LogP contribution in [0.5, 0.6) is 5.75 Å². The quantitative estimate of drug-likeness (QED) is 0.819. The zero-order chi connectivity index (χ0) is 13.7. The lowest BCUT2D eigenvalue weighted by atomic mass is 10.1. The lowest BCUT2D eigenvalue weighted by Crippen LogP contribution is -2.16. The average Bonchev–Trinajstić information content (AvgIpc) is 2.41. The van der Waals surface area contributed by atoms with Crippen molar-refractivity contribution in [2.45, 2.75) is 25.8 Å². The Morgan fingerprint density at radius 3 is 2.68 bits per heavy atom. The minimum Gasteiger partial charge on any atom is -0.508 e. The topological polar surface area (TPSA) is 45.1 Å². The zero-order valence-electron chi connectivity index (χ0n) is 10.8. The maximum Gasteiger partial charge on any atom is 0.129 e. The molecule has 0 amide bonds. The summed E-state index contributed by atoms with van der Waals surface area (Å²) in [5.74, 6) is 0.314. The van der Waals surface area contributed by atoms with Crippen molar-refractivity contribution in [1.29, 1.82) is 0 Å². The standard InChI is InChI=1S/C15H17BrN2O/c1-11(18-14-3-2-10-17-15(14)16)4-5-12-6-8-13(19)9-7-12/h2-3,6-11,18-19H,4-5H2,1H3. The van der Waals surface area contributed by atoms with Crippen LogP contribution >= 0.6 is 15.9 Å². The molecule has 19 heavy (non-hydrogen) atoms. The number of nitrogens with zero attached hydrogens (tertiary/aromatic N) is 1. The van der Waals surface area contributed by atoms with Gasteiger partial charge in [-0.15, -0.1) is 0 Å². The third-order valence-corrected chi connectivity index (χ3v) is 3.60. The molecule has 0 aliphatic carbocycles. The molecule has 1 aromatic carbocycles. The van der Waals surface area contributed by atoms with E-state index in [1.54, 1.807) is 18.3 Å². The molecule has 0 aliphatic heterocycles. The second-order valence-corrected chi connectivity index (χ2v) is 5.34. The molecule has 2 N–H and O–H groups in total. The molecule has 100 valence electrons. The highest BCUT2D eigenvalue weighted by atomic mass is 79.9. The maximum absolute atomic E-state index is 9.23. The number of pyridine rings is 1. The molecule has 1 unspecified atom stereocenters. The minimum atomic E-state index is 0.314. The summed E-state index contributed by atoms with van der Waals surface area (Å²) in [4.78, 5) is 4.19. The number of halogens is 1. The van der Waals surface area contributed by atoms with E-state index >= 15 is 0 Å². The van der Waals surface area contributed by atoms with Gasteiger partial charge in [0.15, 0.2) is 0 Å². The van der Waals surface area contributed by atoms with Crippen molar-refractivity contribution >= 4 is 21.6 Å². The van der Waals surface area contributed by atoms with Crippen LogP contribution in [0.15, 0.2) is 47.2 Å². The van der Waals surface area contributed by atoms with Gasteiger partial charge >= 0.3 is 0 Å². The molecule has 1 heterocycles. The fraction of sp³-hybridized carbons (Fsp3) is 0.267. The first kappa shape index (κ1) is 13.9. The van der Waals surface area contributed by atoms with E-state index in [-0.39, 0.29) is 0 Å². The predicted octanol–water partition coefficient (Wildman–Crippen LogP) is 3.98. The van der Waals surface area contributed by atoms with E-state index in [1.165, 1.54) is 5.56 Å². The molecule has 0 fully saturated rings. The predicted molar refractivity (Wildman–Crippen MR) is 81.4 cm³/mol.